The number of carboxylic acids is 5. The second kappa shape index (κ2) is 53.6. The molecule has 27 N–H and O–H groups in total. The molecule has 6 amide bonds. The molecule has 520 valence electrons. The van der Waals surface area contributed by atoms with Crippen LogP contribution in [0.5, 0.6) is 0 Å². The van der Waals surface area contributed by atoms with Gasteiger partial charge in [0, 0.05) is 55.0 Å². The van der Waals surface area contributed by atoms with Crippen molar-refractivity contribution in [2.75, 3.05) is 28.2 Å². The van der Waals surface area contributed by atoms with E-state index in [4.69, 9.17) is 47.5 Å². The number of nitrogens with one attached hydrogen (secondary N) is 6. The Hall–Kier alpha value is -9.63. The van der Waals surface area contributed by atoms with Gasteiger partial charge in [-0.15, -0.1) is 0 Å². The number of nitrogens with two attached hydrogens (primary N) is 5. The Morgan fingerprint density at radius 1 is 0.633 bits per heavy atom. The predicted molar refractivity (Wildman–Crippen MR) is 298 cm³/mol. The van der Waals surface area contributed by atoms with Crippen molar-refractivity contribution in [3.8, 4) is 0 Å². The number of cyclic esters (lactones) is 4. The van der Waals surface area contributed by atoms with Gasteiger partial charge in [0.1, 0.15) is 42.2 Å². The molecule has 0 bridgehead atoms. The number of aliphatic hydroxyl groups is 2. The van der Waals surface area contributed by atoms with Gasteiger partial charge < -0.3 is 120 Å². The van der Waals surface area contributed by atoms with Crippen LogP contribution in [0.25, 0.3) is 0 Å². The average molecular weight is 1320 g/mol. The van der Waals surface area contributed by atoms with Crippen LogP contribution in [0.1, 0.15) is 107 Å². The standard InChI is InChI=1S/C8H13NO4.C7H12N2O4.2C6H10N2O4.C6H9NO5.C6H7NO4.C4H6O3.C2H4O2.2CH5N.2H2O/c1-5(10)3-6(4-7(11)12)8(13)9-2;1-4(10)9-5-3-6(11)13-7(5,12)8-2;1-6(11)8-3(5(7)10)2-4(9)12-6;1-3(9)12-5(10)2-4(7)6(8)11;1-3(8)7-4(6(11)12)2-5(9)10;1-3(8)7-4-2-5(9)11-6(4)10;1-3(5)2-4(6)7;1-2(3)4;2*1-2;;/h6H,3-4H2,1-2H3,(H,9,13)(H,11,12);5,8,12H,3H2,1-2H3,(H,9,10);3,8,11H,2H2,1H3,(H2,7,10);4H,2,7H2,1H3,(H2,8,11);4H,2H2,1H3,(H,7,8)(H,9,10)(H,11,12);4H,2H2,1H3,(H,7,8);2H2,1H3,(H,6,7);1H3,(H,3,4);2*2H2,1H3;2*1H2. The SMILES string of the molecule is CC(=O)CC(=O)O.CC(=O)NC(CC(=O)O)C(=O)O.CC(=O)NC1CC(=O)OC1=O.CC(=O)O.CC(=O)OC(=O)CC(N)C(N)=O.CC1(O)NC(C(N)=O)CC(=O)O1.CN.CN.CNC(=O)C(CC(C)=O)CC(=O)O.CNC1(O)OC(=O)CC1NC(C)=O.O.O. The summed E-state index contributed by atoms with van der Waals surface area (Å²) in [6.45, 7) is 9.66. The van der Waals surface area contributed by atoms with E-state index in [0.29, 0.717) is 0 Å². The van der Waals surface area contributed by atoms with Crippen LogP contribution in [-0.2, 0) is 110 Å². The zero-order chi connectivity index (χ0) is 71.2. The third-order valence-corrected chi connectivity index (χ3v) is 8.60. The number of carboxylic acid groups (broad SMARTS) is 5. The van der Waals surface area contributed by atoms with E-state index in [-0.39, 0.29) is 79.3 Å². The number of carbonyl (C=O) groups excluding carboxylic acids is 14. The predicted octanol–water partition coefficient (Wildman–Crippen LogP) is -9.92. The van der Waals surface area contributed by atoms with Gasteiger partial charge in [-0.25, -0.2) is 14.9 Å². The van der Waals surface area contributed by atoms with E-state index >= 15 is 0 Å². The van der Waals surface area contributed by atoms with Crippen LogP contribution >= 0.6 is 0 Å². The van der Waals surface area contributed by atoms with Gasteiger partial charge in [-0.1, -0.05) is 0 Å². The van der Waals surface area contributed by atoms with Gasteiger partial charge in [0.05, 0.1) is 50.5 Å². The Morgan fingerprint density at radius 3 is 1.38 bits per heavy atom. The molecule has 0 saturated carbocycles. The molecule has 8 unspecified atom stereocenters. The smallest absolute Gasteiger partial charge is 0.336 e. The third kappa shape index (κ3) is 60.1. The summed E-state index contributed by atoms with van der Waals surface area (Å²) < 4.78 is 17.3. The fourth-order valence-electron chi connectivity index (χ4n) is 5.38. The Morgan fingerprint density at radius 2 is 1.09 bits per heavy atom. The van der Waals surface area contributed by atoms with E-state index in [2.05, 4.69) is 57.0 Å². The maximum atomic E-state index is 11.1. The zero-order valence-corrected chi connectivity index (χ0v) is 51.0. The summed E-state index contributed by atoms with van der Waals surface area (Å²) >= 11 is 0. The number of aliphatic carboxylic acids is 5. The highest BCUT2D eigenvalue weighted by molar-refractivity contribution is 5.99. The summed E-state index contributed by atoms with van der Waals surface area (Å²) in [7, 11) is 5.85. The van der Waals surface area contributed by atoms with Gasteiger partial charge in [-0.05, 0) is 35.0 Å². The number of esters is 6. The molecule has 3 rings (SSSR count). The minimum atomic E-state index is -1.80. The van der Waals surface area contributed by atoms with Crippen LogP contribution in [0.3, 0.4) is 0 Å². The summed E-state index contributed by atoms with van der Waals surface area (Å²) in [5.41, 5.74) is 23.8. The molecule has 0 aromatic heterocycles. The fourth-order valence-corrected chi connectivity index (χ4v) is 5.38. The number of carbonyl (C=O) groups is 19. The van der Waals surface area contributed by atoms with Gasteiger partial charge in [0.15, 0.2) is 0 Å². The first kappa shape index (κ1) is 99.4. The number of rotatable bonds is 18. The summed E-state index contributed by atoms with van der Waals surface area (Å²) in [6.07, 6.45) is -1.92. The number of primary amides is 2. The second-order valence-electron chi connectivity index (χ2n) is 16.9. The van der Waals surface area contributed by atoms with Crippen LogP contribution < -0.4 is 60.6 Å². The molecule has 0 radical (unpaired) electrons. The largest absolute Gasteiger partial charge is 0.481 e. The van der Waals surface area contributed by atoms with E-state index in [1.54, 1.807) is 0 Å². The molecule has 0 spiro atoms. The minimum absolute atomic E-state index is 0. The lowest BCUT2D eigenvalue weighted by Crippen LogP contribution is -2.60. The number of hydrogen-bond acceptors (Lipinski definition) is 30. The Bertz CT molecular complexity index is 2380. The summed E-state index contributed by atoms with van der Waals surface area (Å²) in [4.78, 5) is 197. The maximum Gasteiger partial charge on any atom is 0.336 e. The highest BCUT2D eigenvalue weighted by atomic mass is 16.7. The first-order valence-corrected chi connectivity index (χ1v) is 24.6. The van der Waals surface area contributed by atoms with E-state index < -0.39 is 144 Å². The van der Waals surface area contributed by atoms with Crippen molar-refractivity contribution in [1.82, 2.24) is 31.9 Å². The summed E-state index contributed by atoms with van der Waals surface area (Å²) in [5, 5.41) is 73.0. The van der Waals surface area contributed by atoms with Crippen LogP contribution in [-0.4, -0.2) is 230 Å². The van der Waals surface area contributed by atoms with Gasteiger partial charge in [-0.3, -0.25) is 82.0 Å². The highest BCUT2D eigenvalue weighted by Crippen LogP contribution is 2.21. The lowest BCUT2D eigenvalue weighted by Gasteiger charge is -2.32. The van der Waals surface area contributed by atoms with Gasteiger partial charge >= 0.3 is 59.7 Å². The molecule has 0 aromatic rings. The molecule has 43 nitrogen and oxygen atoms in total. The summed E-state index contributed by atoms with van der Waals surface area (Å²) in [6, 6.07) is -4.82. The van der Waals surface area contributed by atoms with Crippen molar-refractivity contribution in [2.24, 2.45) is 34.6 Å². The number of ether oxygens (including phenoxy) is 4. The van der Waals surface area contributed by atoms with Crippen molar-refractivity contribution in [3.05, 3.63) is 0 Å². The van der Waals surface area contributed by atoms with E-state index in [1.807, 2.05) is 5.32 Å². The molecular formula is C47H85N11O32. The highest BCUT2D eigenvalue weighted by Gasteiger charge is 2.48. The normalized spacial score (nSPS) is 18.3. The quantitative estimate of drug-likeness (QED) is 0.0262. The van der Waals surface area contributed by atoms with Crippen LogP contribution in [0, 0.1) is 5.92 Å². The van der Waals surface area contributed by atoms with E-state index in [1.165, 1.54) is 62.8 Å². The molecule has 0 aromatic carbocycles. The van der Waals surface area contributed by atoms with Crippen molar-refractivity contribution < 1.29 is 157 Å². The van der Waals surface area contributed by atoms with E-state index in [0.717, 1.165) is 20.8 Å². The monoisotopic (exact) mass is 1320 g/mol. The number of likely N-dealkylation sites (N-methyl/N-ethyl adjacent to an activating group) is 1. The lowest BCUT2D eigenvalue weighted by atomic mass is 9.98. The molecule has 3 heterocycles. The molecule has 43 heteroatoms. The second-order valence-corrected chi connectivity index (χ2v) is 16.9. The molecule has 3 fully saturated rings. The number of amides is 6. The molecule has 8 atom stereocenters. The lowest BCUT2D eigenvalue weighted by molar-refractivity contribution is -0.230. The number of ketones is 2. The number of Topliss-reactive ketones (excluding diaryl/α,β-unsaturated/α-hetero) is 2. The van der Waals surface area contributed by atoms with Crippen LogP contribution in [0.15, 0.2) is 0 Å². The van der Waals surface area contributed by atoms with Crippen molar-refractivity contribution in [1.29, 1.82) is 0 Å². The summed E-state index contributed by atoms with van der Waals surface area (Å²) in [5.74, 6) is -17.6. The molecule has 3 aliphatic heterocycles. The van der Waals surface area contributed by atoms with Crippen molar-refractivity contribution in [2.45, 2.75) is 149 Å². The molecule has 90 heavy (non-hydrogen) atoms. The molecule has 3 saturated heterocycles. The van der Waals surface area contributed by atoms with Crippen molar-refractivity contribution in [3.63, 3.8) is 0 Å². The maximum absolute atomic E-state index is 11.1. The zero-order valence-electron chi connectivity index (χ0n) is 51.0. The van der Waals surface area contributed by atoms with Gasteiger partial charge in [0.2, 0.25) is 35.4 Å². The molecule has 3 aliphatic rings. The third-order valence-electron chi connectivity index (χ3n) is 8.60. The van der Waals surface area contributed by atoms with Crippen molar-refractivity contribution >= 4 is 113 Å². The van der Waals surface area contributed by atoms with Gasteiger partial charge in [-0.2, -0.15) is 0 Å². The first-order chi connectivity index (χ1) is 40.2. The Kier molecular flexibility index (Phi) is 59.2. The first-order valence-electron chi connectivity index (χ1n) is 24.6. The average Bonchev–Trinajstić information content (AvgIpc) is 3.94. The van der Waals surface area contributed by atoms with Crippen LogP contribution in [0.4, 0.5) is 0 Å². The van der Waals surface area contributed by atoms with Crippen LogP contribution in [0.2, 0.25) is 0 Å². The fraction of sp³-hybridized carbons (Fsp3) is 0.596. The minimum Gasteiger partial charge on any atom is -0.481 e. The topological polar surface area (TPSA) is 768 Å². The number of hydrogen-bond donors (Lipinski definition) is 18. The van der Waals surface area contributed by atoms with Gasteiger partial charge in [0.25, 0.3) is 17.8 Å². The molecule has 0 aliphatic carbocycles. The van der Waals surface area contributed by atoms with E-state index in [9.17, 15) is 96.5 Å². The Labute approximate surface area is 512 Å². The Balaban J connectivity index is -0.000000119. The molecular weight excluding hydrogens is 1230 g/mol.